The third kappa shape index (κ3) is 3.64. The number of carbonyl (C=O) groups is 1. The van der Waals surface area contributed by atoms with E-state index in [0.717, 1.165) is 57.9 Å². The fourth-order valence-electron chi connectivity index (χ4n) is 3.17. The van der Waals surface area contributed by atoms with Gasteiger partial charge in [0.05, 0.1) is 12.1 Å². The average molecular weight is 331 g/mol. The van der Waals surface area contributed by atoms with Crippen LogP contribution in [0.5, 0.6) is 0 Å². The summed E-state index contributed by atoms with van der Waals surface area (Å²) >= 11 is 0. The van der Waals surface area contributed by atoms with Crippen LogP contribution in [0.25, 0.3) is 0 Å². The largest absolute Gasteiger partial charge is 0.360 e. The highest BCUT2D eigenvalue weighted by Gasteiger charge is 2.21. The lowest BCUT2D eigenvalue weighted by Crippen LogP contribution is -2.45. The summed E-state index contributed by atoms with van der Waals surface area (Å²) in [5.41, 5.74) is 0.649. The summed E-state index contributed by atoms with van der Waals surface area (Å²) in [4.78, 5) is 27.1. The highest BCUT2D eigenvalue weighted by molar-refractivity contribution is 5.92. The first-order chi connectivity index (χ1) is 11.7. The van der Waals surface area contributed by atoms with Crippen LogP contribution < -0.4 is 10.2 Å². The van der Waals surface area contributed by atoms with Crippen molar-refractivity contribution < 1.29 is 4.79 Å². The summed E-state index contributed by atoms with van der Waals surface area (Å²) in [6, 6.07) is 0. The molecule has 8 nitrogen and oxygen atoms in total. The zero-order valence-electron chi connectivity index (χ0n) is 14.2. The minimum absolute atomic E-state index is 0.0863. The molecule has 0 aromatic carbocycles. The van der Waals surface area contributed by atoms with Gasteiger partial charge in [-0.2, -0.15) is 0 Å². The molecule has 2 fully saturated rings. The smallest absolute Gasteiger partial charge is 0.241 e. The lowest BCUT2D eigenvalue weighted by molar-refractivity contribution is -0.128. The number of aromatic nitrogens is 2. The van der Waals surface area contributed by atoms with Crippen molar-refractivity contribution in [2.75, 3.05) is 63.1 Å². The fraction of sp³-hybridized carbons (Fsp3) is 0.625. The van der Waals surface area contributed by atoms with Crippen molar-refractivity contribution in [1.82, 2.24) is 19.8 Å². The summed E-state index contributed by atoms with van der Waals surface area (Å²) in [6.45, 7) is 5.58. The number of carbonyl (C=O) groups excluding carboxylic acids is 1. The van der Waals surface area contributed by atoms with Crippen LogP contribution in [0, 0.1) is 5.41 Å². The third-order valence-corrected chi connectivity index (χ3v) is 4.68. The molecule has 2 saturated heterocycles. The van der Waals surface area contributed by atoms with Gasteiger partial charge in [-0.25, -0.2) is 9.97 Å². The Labute approximate surface area is 142 Å². The highest BCUT2D eigenvalue weighted by atomic mass is 16.2. The van der Waals surface area contributed by atoms with Crippen molar-refractivity contribution in [1.29, 1.82) is 5.41 Å². The Morgan fingerprint density at radius 1 is 1.21 bits per heavy atom. The van der Waals surface area contributed by atoms with Crippen molar-refractivity contribution in [3.63, 3.8) is 0 Å². The molecule has 1 aromatic heterocycles. The number of anilines is 2. The van der Waals surface area contributed by atoms with E-state index in [-0.39, 0.29) is 12.5 Å². The van der Waals surface area contributed by atoms with E-state index in [9.17, 15) is 4.79 Å². The quantitative estimate of drug-likeness (QED) is 0.753. The van der Waals surface area contributed by atoms with Crippen LogP contribution in [-0.2, 0) is 4.79 Å². The van der Waals surface area contributed by atoms with Crippen molar-refractivity contribution in [3.8, 4) is 0 Å². The van der Waals surface area contributed by atoms with Gasteiger partial charge in [-0.15, -0.1) is 0 Å². The standard InChI is InChI=1S/C16H25N7O/c1-21-6-8-23(9-7-21)16-13(10-17)15(19-12-20-16)18-11-14(24)22-4-2-3-5-22/h10,12,17H,2-9,11H2,1H3,(H,18,19,20). The Balaban J connectivity index is 1.70. The Morgan fingerprint density at radius 2 is 1.92 bits per heavy atom. The number of likely N-dealkylation sites (tertiary alicyclic amines) is 1. The molecule has 0 aliphatic carbocycles. The maximum absolute atomic E-state index is 12.2. The van der Waals surface area contributed by atoms with E-state index in [2.05, 4.69) is 32.1 Å². The van der Waals surface area contributed by atoms with Gasteiger partial charge < -0.3 is 25.4 Å². The molecular weight excluding hydrogens is 306 g/mol. The number of likely N-dealkylation sites (N-methyl/N-ethyl adjacent to an activating group) is 1. The molecule has 130 valence electrons. The monoisotopic (exact) mass is 331 g/mol. The minimum atomic E-state index is 0.0863. The molecule has 0 atom stereocenters. The van der Waals surface area contributed by atoms with Crippen molar-refractivity contribution in [3.05, 3.63) is 11.9 Å². The zero-order valence-corrected chi connectivity index (χ0v) is 14.2. The van der Waals surface area contributed by atoms with Crippen LogP contribution in [0.15, 0.2) is 6.33 Å². The molecule has 1 aromatic rings. The van der Waals surface area contributed by atoms with Crippen molar-refractivity contribution >= 4 is 23.8 Å². The molecule has 0 bridgehead atoms. The average Bonchev–Trinajstić information content (AvgIpc) is 3.14. The number of hydrogen-bond donors (Lipinski definition) is 2. The second kappa shape index (κ2) is 7.57. The molecular formula is C16H25N7O. The predicted octanol–water partition coefficient (Wildman–Crippen LogP) is 0.260. The van der Waals surface area contributed by atoms with Crippen molar-refractivity contribution in [2.45, 2.75) is 12.8 Å². The first kappa shape index (κ1) is 16.6. The fourth-order valence-corrected chi connectivity index (χ4v) is 3.17. The van der Waals surface area contributed by atoms with Crippen LogP contribution in [0.3, 0.4) is 0 Å². The molecule has 8 heteroatoms. The second-order valence-electron chi connectivity index (χ2n) is 6.34. The maximum Gasteiger partial charge on any atom is 0.241 e. The van der Waals surface area contributed by atoms with Crippen LogP contribution >= 0.6 is 0 Å². The van der Waals surface area contributed by atoms with E-state index < -0.39 is 0 Å². The first-order valence-electron chi connectivity index (χ1n) is 8.49. The van der Waals surface area contributed by atoms with E-state index in [1.807, 2.05) is 4.90 Å². The van der Waals surface area contributed by atoms with Crippen LogP contribution in [0.1, 0.15) is 18.4 Å². The van der Waals surface area contributed by atoms with Gasteiger partial charge in [0, 0.05) is 45.5 Å². The molecule has 3 heterocycles. The zero-order chi connectivity index (χ0) is 16.9. The highest BCUT2D eigenvalue weighted by Crippen LogP contribution is 2.22. The summed E-state index contributed by atoms with van der Waals surface area (Å²) in [7, 11) is 2.10. The van der Waals surface area contributed by atoms with E-state index in [1.54, 1.807) is 0 Å². The molecule has 2 N–H and O–H groups in total. The van der Waals surface area contributed by atoms with Gasteiger partial charge in [-0.1, -0.05) is 0 Å². The number of rotatable bonds is 5. The molecule has 24 heavy (non-hydrogen) atoms. The molecule has 0 spiro atoms. The second-order valence-corrected chi connectivity index (χ2v) is 6.34. The summed E-state index contributed by atoms with van der Waals surface area (Å²) < 4.78 is 0. The normalized spacial score (nSPS) is 18.7. The Hall–Kier alpha value is -2.22. The lowest BCUT2D eigenvalue weighted by atomic mass is 10.2. The van der Waals surface area contributed by atoms with Gasteiger partial charge in [0.15, 0.2) is 0 Å². The van der Waals surface area contributed by atoms with Gasteiger partial charge in [-0.3, -0.25) is 4.79 Å². The van der Waals surface area contributed by atoms with E-state index in [1.165, 1.54) is 12.5 Å². The molecule has 0 unspecified atom stereocenters. The summed E-state index contributed by atoms with van der Waals surface area (Å²) in [6.07, 6.45) is 4.94. The number of amides is 1. The Kier molecular flexibility index (Phi) is 5.24. The lowest BCUT2D eigenvalue weighted by Gasteiger charge is -2.34. The van der Waals surface area contributed by atoms with Crippen LogP contribution in [0.4, 0.5) is 11.6 Å². The predicted molar refractivity (Wildman–Crippen MR) is 93.9 cm³/mol. The van der Waals surface area contributed by atoms with E-state index >= 15 is 0 Å². The Morgan fingerprint density at radius 3 is 2.58 bits per heavy atom. The molecule has 0 radical (unpaired) electrons. The molecule has 2 aliphatic rings. The number of nitrogens with one attached hydrogen (secondary N) is 2. The molecule has 1 amide bonds. The van der Waals surface area contributed by atoms with E-state index in [0.29, 0.717) is 11.4 Å². The number of piperazine rings is 1. The maximum atomic E-state index is 12.2. The molecule has 2 aliphatic heterocycles. The Bertz CT molecular complexity index is 592. The van der Waals surface area contributed by atoms with Crippen LogP contribution in [-0.4, -0.2) is 84.8 Å². The van der Waals surface area contributed by atoms with E-state index in [4.69, 9.17) is 5.41 Å². The minimum Gasteiger partial charge on any atom is -0.360 e. The molecule has 3 rings (SSSR count). The first-order valence-corrected chi connectivity index (χ1v) is 8.49. The van der Waals surface area contributed by atoms with Gasteiger partial charge in [0.1, 0.15) is 18.0 Å². The van der Waals surface area contributed by atoms with Gasteiger partial charge in [0.25, 0.3) is 0 Å². The number of hydrogen-bond acceptors (Lipinski definition) is 7. The third-order valence-electron chi connectivity index (χ3n) is 4.68. The van der Waals surface area contributed by atoms with Gasteiger partial charge >= 0.3 is 0 Å². The molecule has 0 saturated carbocycles. The van der Waals surface area contributed by atoms with Gasteiger partial charge in [0.2, 0.25) is 5.91 Å². The summed E-state index contributed by atoms with van der Waals surface area (Å²) in [5.74, 6) is 1.41. The topological polar surface area (TPSA) is 88.5 Å². The van der Waals surface area contributed by atoms with Crippen LogP contribution in [0.2, 0.25) is 0 Å². The van der Waals surface area contributed by atoms with Gasteiger partial charge in [-0.05, 0) is 19.9 Å². The number of nitrogens with zero attached hydrogens (tertiary/aromatic N) is 5. The summed E-state index contributed by atoms with van der Waals surface area (Å²) in [5, 5.41) is 10.9. The SMILES string of the molecule is CN1CCN(c2ncnc(NCC(=O)N3CCCC3)c2C=N)CC1. The van der Waals surface area contributed by atoms with Crippen molar-refractivity contribution in [2.24, 2.45) is 0 Å².